The van der Waals surface area contributed by atoms with Crippen LogP contribution in [0.15, 0.2) is 48.5 Å². The molecule has 2 atom stereocenters. The minimum atomic E-state index is -1.36. The smallest absolute Gasteiger partial charge is 0.420 e. The number of carbonyl (C=O) groups excluding carboxylic acids is 3. The molecule has 0 aliphatic rings. The van der Waals surface area contributed by atoms with E-state index in [1.54, 1.807) is 71.9 Å². The van der Waals surface area contributed by atoms with Gasteiger partial charge in [0.15, 0.2) is 0 Å². The molecule has 0 aromatic heterocycles. The molecule has 0 radical (unpaired) electrons. The first-order valence-electron chi connectivity index (χ1n) is 12.7. The molecule has 39 heavy (non-hydrogen) atoms. The number of nitrogens with zero attached hydrogens (tertiary/aromatic N) is 1. The third-order valence-corrected chi connectivity index (χ3v) is 6.32. The molecule has 2 aromatic rings. The third kappa shape index (κ3) is 10.4. The van der Waals surface area contributed by atoms with Crippen molar-refractivity contribution in [3.8, 4) is 0 Å². The minimum absolute atomic E-state index is 0.0107. The maximum absolute atomic E-state index is 13.5. The zero-order chi connectivity index (χ0) is 29.4. The van der Waals surface area contributed by atoms with Gasteiger partial charge in [-0.05, 0) is 84.0 Å². The first-order valence-corrected chi connectivity index (χ1v) is 13.5. The van der Waals surface area contributed by atoms with E-state index in [0.29, 0.717) is 20.5 Å². The van der Waals surface area contributed by atoms with Crippen molar-refractivity contribution in [2.24, 2.45) is 5.73 Å². The lowest BCUT2D eigenvalue weighted by Gasteiger charge is -2.33. The van der Waals surface area contributed by atoms with Gasteiger partial charge in [0, 0.05) is 0 Å². The number of esters is 1. The Bertz CT molecular complexity index is 1100. The van der Waals surface area contributed by atoms with Gasteiger partial charge in [0.1, 0.15) is 23.9 Å². The average molecular weight is 582 g/mol. The van der Waals surface area contributed by atoms with Crippen molar-refractivity contribution in [3.05, 3.63) is 69.7 Å². The Balaban J connectivity index is 2.44. The number of carbonyl (C=O) groups is 3. The zero-order valence-electron chi connectivity index (χ0n) is 23.3. The van der Waals surface area contributed by atoms with Gasteiger partial charge in [-0.15, -0.1) is 0 Å². The molecule has 0 aliphatic carbocycles. The van der Waals surface area contributed by atoms with Crippen LogP contribution in [0.2, 0.25) is 10.0 Å². The van der Waals surface area contributed by atoms with Crippen LogP contribution >= 0.6 is 23.2 Å². The maximum atomic E-state index is 13.5. The Kier molecular flexibility index (Phi) is 11.6. The second kappa shape index (κ2) is 14.0. The van der Waals surface area contributed by atoms with Gasteiger partial charge in [-0.3, -0.25) is 0 Å². The van der Waals surface area contributed by atoms with Crippen molar-refractivity contribution >= 4 is 41.4 Å². The second-order valence-electron chi connectivity index (χ2n) is 11.1. The van der Waals surface area contributed by atoms with E-state index in [0.717, 1.165) is 5.56 Å². The van der Waals surface area contributed by atoms with Crippen molar-refractivity contribution < 1.29 is 28.6 Å². The Morgan fingerprint density at radius 3 is 1.92 bits per heavy atom. The molecule has 2 amide bonds. The number of hydrogen-bond acceptors (Lipinski definition) is 7. The number of ether oxygens (including phenoxy) is 3. The molecule has 0 spiro atoms. The Morgan fingerprint density at radius 2 is 1.41 bits per heavy atom. The average Bonchev–Trinajstić information content (AvgIpc) is 2.82. The van der Waals surface area contributed by atoms with E-state index < -0.39 is 35.4 Å². The predicted octanol–water partition coefficient (Wildman–Crippen LogP) is 7.10. The molecule has 1 unspecified atom stereocenters. The molecule has 2 N–H and O–H groups in total. The molecule has 2 rings (SSSR count). The third-order valence-electron chi connectivity index (χ3n) is 5.48. The maximum Gasteiger partial charge on any atom is 0.420 e. The summed E-state index contributed by atoms with van der Waals surface area (Å²) in [4.78, 5) is 40.8. The van der Waals surface area contributed by atoms with Crippen LogP contribution in [0.4, 0.5) is 9.59 Å². The molecular formula is C29H38Cl2N2O6. The lowest BCUT2D eigenvalue weighted by atomic mass is 9.92. The Labute approximate surface area is 240 Å². The molecule has 2 aromatic carbocycles. The number of benzene rings is 2. The van der Waals surface area contributed by atoms with Crippen LogP contribution in [-0.2, 0) is 25.6 Å². The summed E-state index contributed by atoms with van der Waals surface area (Å²) in [6, 6.07) is 12.9. The Hall–Kier alpha value is -2.81. The molecule has 0 heterocycles. The SMILES string of the molecule is CC(C)(C)OC(=O)N(C(=O)OC(C)(C)C)[C@H](CCC(CN)c1cccc(Cl)c1Cl)C(=O)OCc1ccccc1. The molecule has 0 saturated heterocycles. The fraction of sp³-hybridized carbons (Fsp3) is 0.483. The van der Waals surface area contributed by atoms with E-state index in [1.165, 1.54) is 0 Å². The minimum Gasteiger partial charge on any atom is -0.459 e. The second-order valence-corrected chi connectivity index (χ2v) is 11.9. The van der Waals surface area contributed by atoms with Gasteiger partial charge in [-0.1, -0.05) is 65.7 Å². The number of halogens is 2. The van der Waals surface area contributed by atoms with E-state index >= 15 is 0 Å². The van der Waals surface area contributed by atoms with Gasteiger partial charge in [-0.25, -0.2) is 14.4 Å². The van der Waals surface area contributed by atoms with Crippen LogP contribution in [0, 0.1) is 0 Å². The molecule has 0 saturated carbocycles. The highest BCUT2D eigenvalue weighted by molar-refractivity contribution is 6.42. The molecule has 0 aliphatic heterocycles. The number of nitrogens with two attached hydrogens (primary N) is 1. The highest BCUT2D eigenvalue weighted by Gasteiger charge is 2.41. The van der Waals surface area contributed by atoms with Crippen molar-refractivity contribution in [2.45, 2.75) is 84.2 Å². The van der Waals surface area contributed by atoms with Gasteiger partial charge < -0.3 is 19.9 Å². The molecule has 214 valence electrons. The lowest BCUT2D eigenvalue weighted by molar-refractivity contribution is -0.151. The summed E-state index contributed by atoms with van der Waals surface area (Å²) in [6.07, 6.45) is -1.76. The van der Waals surface area contributed by atoms with Crippen LogP contribution in [-0.4, -0.2) is 46.8 Å². The van der Waals surface area contributed by atoms with Gasteiger partial charge in [-0.2, -0.15) is 4.90 Å². The zero-order valence-corrected chi connectivity index (χ0v) is 24.8. The van der Waals surface area contributed by atoms with Crippen LogP contribution < -0.4 is 5.73 Å². The van der Waals surface area contributed by atoms with E-state index in [2.05, 4.69) is 0 Å². The summed E-state index contributed by atoms with van der Waals surface area (Å²) < 4.78 is 16.6. The van der Waals surface area contributed by atoms with E-state index in [-0.39, 0.29) is 31.9 Å². The van der Waals surface area contributed by atoms with Gasteiger partial charge in [0.05, 0.1) is 10.0 Å². The first-order chi connectivity index (χ1) is 18.1. The summed E-state index contributed by atoms with van der Waals surface area (Å²) >= 11 is 12.6. The van der Waals surface area contributed by atoms with Gasteiger partial charge >= 0.3 is 18.2 Å². The number of imide groups is 1. The van der Waals surface area contributed by atoms with E-state index in [4.69, 9.17) is 43.1 Å². The number of amides is 2. The summed E-state index contributed by atoms with van der Waals surface area (Å²) in [5.41, 5.74) is 5.63. The van der Waals surface area contributed by atoms with Crippen molar-refractivity contribution in [3.63, 3.8) is 0 Å². The van der Waals surface area contributed by atoms with Crippen molar-refractivity contribution in [1.29, 1.82) is 0 Å². The quantitative estimate of drug-likeness (QED) is 0.249. The van der Waals surface area contributed by atoms with E-state index in [1.807, 2.05) is 18.2 Å². The summed E-state index contributed by atoms with van der Waals surface area (Å²) in [5.74, 6) is -1.11. The predicted molar refractivity (Wildman–Crippen MR) is 152 cm³/mol. The van der Waals surface area contributed by atoms with Crippen LogP contribution in [0.3, 0.4) is 0 Å². The topological polar surface area (TPSA) is 108 Å². The Morgan fingerprint density at radius 1 is 0.846 bits per heavy atom. The van der Waals surface area contributed by atoms with Gasteiger partial charge in [0.25, 0.3) is 0 Å². The first kappa shape index (κ1) is 32.4. The lowest BCUT2D eigenvalue weighted by Crippen LogP contribution is -2.52. The van der Waals surface area contributed by atoms with Crippen molar-refractivity contribution in [2.75, 3.05) is 6.54 Å². The normalized spacial score (nSPS) is 13.3. The van der Waals surface area contributed by atoms with E-state index in [9.17, 15) is 14.4 Å². The van der Waals surface area contributed by atoms with Crippen LogP contribution in [0.1, 0.15) is 71.4 Å². The molecular weight excluding hydrogens is 543 g/mol. The van der Waals surface area contributed by atoms with Crippen LogP contribution in [0.5, 0.6) is 0 Å². The fourth-order valence-corrected chi connectivity index (χ4v) is 4.19. The summed E-state index contributed by atoms with van der Waals surface area (Å²) in [5, 5.41) is 0.726. The largest absolute Gasteiger partial charge is 0.459 e. The number of rotatable bonds is 9. The summed E-state index contributed by atoms with van der Waals surface area (Å²) in [7, 11) is 0. The highest BCUT2D eigenvalue weighted by atomic mass is 35.5. The van der Waals surface area contributed by atoms with Crippen molar-refractivity contribution in [1.82, 2.24) is 4.90 Å². The molecule has 8 nitrogen and oxygen atoms in total. The fourth-order valence-electron chi connectivity index (χ4n) is 3.72. The monoisotopic (exact) mass is 580 g/mol. The molecule has 0 bridgehead atoms. The molecule has 10 heteroatoms. The van der Waals surface area contributed by atoms with Gasteiger partial charge in [0.2, 0.25) is 0 Å². The molecule has 0 fully saturated rings. The number of hydrogen-bond donors (Lipinski definition) is 1. The van der Waals surface area contributed by atoms with Crippen LogP contribution in [0.25, 0.3) is 0 Å². The highest BCUT2D eigenvalue weighted by Crippen LogP contribution is 2.34. The summed E-state index contributed by atoms with van der Waals surface area (Å²) in [6.45, 7) is 10.1. The standard InChI is InChI=1S/C29H38Cl2N2O6/c1-28(2,3)38-26(35)33(27(36)39-29(4,5)6)23(25(34)37-18-19-11-8-7-9-12-19)16-15-20(17-32)21-13-10-14-22(30)24(21)31/h7-14,20,23H,15-18,32H2,1-6H3/t20?,23-/m1/s1.